The summed E-state index contributed by atoms with van der Waals surface area (Å²) in [5.41, 5.74) is 5.90. The molecule has 1 heterocycles. The topological polar surface area (TPSA) is 170 Å². The Hall–Kier alpha value is -6.74. The number of amides is 4. The van der Waals surface area contributed by atoms with Gasteiger partial charge in [-0.25, -0.2) is 9.59 Å². The smallest absolute Gasteiger partial charge is 0.410 e. The highest BCUT2D eigenvalue weighted by Gasteiger charge is 2.43. The van der Waals surface area contributed by atoms with Crippen molar-refractivity contribution in [1.82, 2.24) is 20.0 Å². The fourth-order valence-electron chi connectivity index (χ4n) is 11.9. The highest BCUT2D eigenvalue weighted by atomic mass is 16.6. The van der Waals surface area contributed by atoms with Crippen molar-refractivity contribution in [3.8, 4) is 22.6 Å². The molecule has 0 spiro atoms. The summed E-state index contributed by atoms with van der Waals surface area (Å²) in [6.45, 7) is 16.0. The summed E-state index contributed by atoms with van der Waals surface area (Å²) in [7, 11) is 7.96. The van der Waals surface area contributed by atoms with E-state index in [4.69, 9.17) is 23.7 Å². The highest BCUT2D eigenvalue weighted by Crippen LogP contribution is 2.45. The maximum Gasteiger partial charge on any atom is 0.410 e. The minimum absolute atomic E-state index is 0.0114. The summed E-state index contributed by atoms with van der Waals surface area (Å²) in [6, 6.07) is 28.3. The van der Waals surface area contributed by atoms with Gasteiger partial charge in [-0.3, -0.25) is 19.2 Å². The number of hydrogen-bond acceptors (Lipinski definition) is 11. The summed E-state index contributed by atoms with van der Waals surface area (Å²) in [4.78, 5) is 90.8. The molecule has 9 atom stereocenters. The molecule has 15 nitrogen and oxygen atoms in total. The molecule has 0 aromatic heterocycles. The van der Waals surface area contributed by atoms with Crippen molar-refractivity contribution in [1.29, 1.82) is 0 Å². The second-order valence-corrected chi connectivity index (χ2v) is 22.4. The molecule has 1 aliphatic carbocycles. The van der Waals surface area contributed by atoms with E-state index in [1.807, 2.05) is 115 Å². The normalized spacial score (nSPS) is 17.1. The molecule has 0 unspecified atom stereocenters. The third-order valence-electron chi connectivity index (χ3n) is 16.8. The van der Waals surface area contributed by atoms with Crippen LogP contribution in [0.1, 0.15) is 116 Å². The molecule has 1 aliphatic heterocycles. The fraction of sp³-hybridized carbons (Fsp3) is 0.531. The van der Waals surface area contributed by atoms with E-state index in [9.17, 15) is 28.8 Å². The first-order valence-electron chi connectivity index (χ1n) is 28.2. The number of ether oxygens (including phenoxy) is 5. The quantitative estimate of drug-likeness (QED) is 0.0564. The van der Waals surface area contributed by atoms with Crippen LogP contribution in [0, 0.1) is 35.5 Å². The first-order chi connectivity index (χ1) is 37.8. The van der Waals surface area contributed by atoms with E-state index in [1.165, 1.54) is 12.0 Å². The van der Waals surface area contributed by atoms with E-state index in [-0.39, 0.29) is 91.6 Å². The van der Waals surface area contributed by atoms with Crippen molar-refractivity contribution in [3.05, 3.63) is 119 Å². The third-order valence-corrected chi connectivity index (χ3v) is 16.8. The van der Waals surface area contributed by atoms with E-state index in [1.54, 1.807) is 51.4 Å². The molecule has 15 heteroatoms. The zero-order chi connectivity index (χ0) is 57.7. The molecular weight excluding hydrogens is 1000 g/mol. The number of likely N-dealkylation sites (N-methyl/N-ethyl adjacent to an activating group) is 2. The van der Waals surface area contributed by atoms with Crippen LogP contribution >= 0.6 is 0 Å². The maximum absolute atomic E-state index is 14.9. The van der Waals surface area contributed by atoms with Gasteiger partial charge in [-0.2, -0.15) is 0 Å². The molecule has 0 saturated carbocycles. The molecule has 428 valence electrons. The van der Waals surface area contributed by atoms with Crippen molar-refractivity contribution in [2.75, 3.05) is 48.6 Å². The van der Waals surface area contributed by atoms with Crippen LogP contribution in [-0.2, 0) is 51.2 Å². The van der Waals surface area contributed by atoms with Crippen molar-refractivity contribution >= 4 is 35.6 Å². The first-order valence-corrected chi connectivity index (χ1v) is 28.2. The van der Waals surface area contributed by atoms with Crippen molar-refractivity contribution in [3.63, 3.8) is 0 Å². The van der Waals surface area contributed by atoms with Gasteiger partial charge in [0.1, 0.15) is 30.8 Å². The van der Waals surface area contributed by atoms with Gasteiger partial charge in [0, 0.05) is 76.0 Å². The number of nitrogens with zero attached hydrogens (tertiary/aromatic N) is 3. The molecule has 4 aromatic rings. The maximum atomic E-state index is 14.9. The molecule has 6 rings (SSSR count). The first kappa shape index (κ1) is 61.5. The Morgan fingerprint density at radius 1 is 0.734 bits per heavy atom. The lowest BCUT2D eigenvalue weighted by Gasteiger charge is -2.41. The number of esters is 1. The van der Waals surface area contributed by atoms with Crippen LogP contribution in [0.4, 0.5) is 4.79 Å². The zero-order valence-electron chi connectivity index (χ0n) is 48.9. The molecule has 4 amide bonds. The highest BCUT2D eigenvalue weighted by molar-refractivity contribution is 5.92. The number of nitrogens with one attached hydrogen (secondary N) is 1. The van der Waals surface area contributed by atoms with Gasteiger partial charge in [0.15, 0.2) is 5.78 Å². The second kappa shape index (κ2) is 28.4. The molecule has 1 fully saturated rings. The summed E-state index contributed by atoms with van der Waals surface area (Å²) in [5, 5.41) is 3.00. The summed E-state index contributed by atoms with van der Waals surface area (Å²) >= 11 is 0. The summed E-state index contributed by atoms with van der Waals surface area (Å²) < 4.78 is 28.8. The van der Waals surface area contributed by atoms with Crippen LogP contribution in [-0.4, -0.2) is 129 Å². The van der Waals surface area contributed by atoms with Crippen molar-refractivity contribution in [2.24, 2.45) is 35.5 Å². The van der Waals surface area contributed by atoms with Gasteiger partial charge in [0.05, 0.1) is 38.8 Å². The van der Waals surface area contributed by atoms with Crippen LogP contribution in [0.25, 0.3) is 11.1 Å². The number of ketones is 1. The number of fused-ring (bicyclic) bond motifs is 3. The van der Waals surface area contributed by atoms with Crippen LogP contribution in [0.3, 0.4) is 0 Å². The third kappa shape index (κ3) is 14.7. The van der Waals surface area contributed by atoms with Gasteiger partial charge in [-0.15, -0.1) is 0 Å². The molecule has 4 aromatic carbocycles. The average Bonchev–Trinajstić information content (AvgIpc) is 4.12. The van der Waals surface area contributed by atoms with Crippen LogP contribution < -0.4 is 14.8 Å². The van der Waals surface area contributed by atoms with Gasteiger partial charge < -0.3 is 43.7 Å². The van der Waals surface area contributed by atoms with Gasteiger partial charge in [-0.1, -0.05) is 141 Å². The number of Topliss-reactive ketones (excluding diaryl/α,β-unsaturated/α-hetero) is 1. The number of methoxy groups -OCH3 is 3. The van der Waals surface area contributed by atoms with Gasteiger partial charge in [0.25, 0.3) is 0 Å². The summed E-state index contributed by atoms with van der Waals surface area (Å²) in [6.07, 6.45) is 0.921. The predicted molar refractivity (Wildman–Crippen MR) is 305 cm³/mol. The van der Waals surface area contributed by atoms with Crippen molar-refractivity contribution in [2.45, 2.75) is 137 Å². The predicted octanol–water partition coefficient (Wildman–Crippen LogP) is 10.2. The van der Waals surface area contributed by atoms with E-state index in [2.05, 4.69) is 29.6 Å². The van der Waals surface area contributed by atoms with Crippen LogP contribution in [0.5, 0.6) is 11.5 Å². The number of rotatable bonds is 27. The molecule has 2 aliphatic rings. The minimum atomic E-state index is -0.990. The largest absolute Gasteiger partial charge is 0.497 e. The molecule has 79 heavy (non-hydrogen) atoms. The zero-order valence-corrected chi connectivity index (χ0v) is 48.9. The number of hydrogen-bond donors (Lipinski definition) is 1. The SMILES string of the molecule is CC[C@H](C)[C@@H]([C@@H](CC(=O)N1CCC[C@H]1[C@H](C)[C@@H](C)C(=O)N[C@@H](Cc1ccccc1)C(=O)OCc1ccc(OC)cc1OC)OC)N(C)C(=O)[C@@H](CC(=O)[C@H](C(C)C)N(C)C(=O)OCC1c2ccccc2-c2ccccc21)C(C)C. The molecular formula is C64H86N4O11. The Kier molecular flexibility index (Phi) is 22.1. The lowest BCUT2D eigenvalue weighted by molar-refractivity contribution is -0.150. The summed E-state index contributed by atoms with van der Waals surface area (Å²) in [5.74, 6) is -2.80. The van der Waals surface area contributed by atoms with Crippen LogP contribution in [0.15, 0.2) is 97.1 Å². The van der Waals surface area contributed by atoms with Gasteiger partial charge in [-0.05, 0) is 76.5 Å². The van der Waals surface area contributed by atoms with Crippen LogP contribution in [0.2, 0.25) is 0 Å². The lowest BCUT2D eigenvalue weighted by Crippen LogP contribution is -2.54. The van der Waals surface area contributed by atoms with E-state index in [0.717, 1.165) is 34.2 Å². The standard InChI is InChI=1S/C64H86N4O11/c1-14-41(6)60(66(9)62(72)51(39(2)3)35-55(69)59(40(4)5)67(10)64(74)79-38-52-49-27-20-18-25-47(49)48-26-19-21-28-50(48)52)57(77-13)36-58(70)68-32-22-29-54(68)42(7)43(8)61(71)65-53(33-44-23-16-15-17-24-44)63(73)78-37-45-30-31-46(75-11)34-56(45)76-12/h15-21,23-28,30-31,34,39-43,51-54,57,59-60H,14,22,29,32-33,35-38H2,1-13H3,(H,65,71)/t41-,42+,43+,51-,53-,54-,57+,59-,60-/m0/s1. The van der Waals surface area contributed by atoms with E-state index < -0.39 is 48.1 Å². The molecule has 0 radical (unpaired) electrons. The fourth-order valence-corrected chi connectivity index (χ4v) is 11.9. The minimum Gasteiger partial charge on any atom is -0.497 e. The molecule has 0 bridgehead atoms. The monoisotopic (exact) mass is 1090 g/mol. The number of carbonyl (C=O) groups is 6. The molecule has 1 N–H and O–H groups in total. The van der Waals surface area contributed by atoms with E-state index in [0.29, 0.717) is 36.4 Å². The van der Waals surface area contributed by atoms with Crippen molar-refractivity contribution < 1.29 is 52.5 Å². The Labute approximate surface area is 469 Å². The van der Waals surface area contributed by atoms with Gasteiger partial charge >= 0.3 is 12.1 Å². The number of carbonyl (C=O) groups excluding carboxylic acids is 6. The Morgan fingerprint density at radius 3 is 1.95 bits per heavy atom. The number of benzene rings is 4. The Balaban J connectivity index is 1.10. The lowest BCUT2D eigenvalue weighted by atomic mass is 9.83. The average molecular weight is 1090 g/mol. The van der Waals surface area contributed by atoms with Gasteiger partial charge in [0.2, 0.25) is 17.7 Å². The van der Waals surface area contributed by atoms with E-state index >= 15 is 0 Å². The molecule has 1 saturated heterocycles. The second-order valence-electron chi connectivity index (χ2n) is 22.4. The Bertz CT molecular complexity index is 2670. The number of likely N-dealkylation sites (tertiary alicyclic amines) is 1. The Morgan fingerprint density at radius 2 is 1.37 bits per heavy atom.